The molecule has 1 aromatic rings. The van der Waals surface area contributed by atoms with Gasteiger partial charge in [0.15, 0.2) is 0 Å². The zero-order chi connectivity index (χ0) is 13.5. The van der Waals surface area contributed by atoms with Crippen LogP contribution in [0.5, 0.6) is 5.75 Å². The maximum absolute atomic E-state index is 11.8. The molecule has 0 aliphatic heterocycles. The van der Waals surface area contributed by atoms with Crippen LogP contribution in [0.1, 0.15) is 38.3 Å². The van der Waals surface area contributed by atoms with Gasteiger partial charge in [-0.3, -0.25) is 4.79 Å². The van der Waals surface area contributed by atoms with E-state index in [2.05, 4.69) is 5.32 Å². The number of methoxy groups -OCH3 is 1. The van der Waals surface area contributed by atoms with E-state index < -0.39 is 6.04 Å². The molecule has 0 aromatic heterocycles. The minimum absolute atomic E-state index is 0.0736. The van der Waals surface area contributed by atoms with Crippen molar-refractivity contribution >= 4 is 5.91 Å². The fraction of sp³-hybridized carbons (Fsp3) is 0.500. The molecule has 1 rings (SSSR count). The number of carbonyl (C=O) groups excluding carboxylic acids is 1. The van der Waals surface area contributed by atoms with Gasteiger partial charge in [-0.25, -0.2) is 0 Å². The second-order valence-electron chi connectivity index (χ2n) is 4.40. The molecule has 1 aromatic carbocycles. The van der Waals surface area contributed by atoms with Crippen molar-refractivity contribution in [2.75, 3.05) is 7.11 Å². The Bertz CT molecular complexity index is 393. The van der Waals surface area contributed by atoms with Crippen LogP contribution in [0.4, 0.5) is 0 Å². The first-order valence-corrected chi connectivity index (χ1v) is 6.28. The van der Waals surface area contributed by atoms with Gasteiger partial charge in [-0.05, 0) is 31.0 Å². The molecule has 0 fully saturated rings. The third-order valence-electron chi connectivity index (χ3n) is 2.89. The minimum atomic E-state index is -0.428. The van der Waals surface area contributed by atoms with Gasteiger partial charge in [-0.1, -0.05) is 25.5 Å². The lowest BCUT2D eigenvalue weighted by molar-refractivity contribution is -0.123. The quantitative estimate of drug-likeness (QED) is 0.811. The van der Waals surface area contributed by atoms with E-state index in [0.717, 1.165) is 17.7 Å². The predicted octanol–water partition coefficient (Wildman–Crippen LogP) is 2.00. The fourth-order valence-corrected chi connectivity index (χ4v) is 1.76. The molecule has 0 saturated heterocycles. The Kier molecular flexibility index (Phi) is 5.65. The Hall–Kier alpha value is -1.55. The maximum atomic E-state index is 11.8. The van der Waals surface area contributed by atoms with Gasteiger partial charge in [-0.2, -0.15) is 0 Å². The zero-order valence-corrected chi connectivity index (χ0v) is 11.3. The second-order valence-corrected chi connectivity index (χ2v) is 4.40. The van der Waals surface area contributed by atoms with Gasteiger partial charge >= 0.3 is 0 Å². The van der Waals surface area contributed by atoms with Crippen molar-refractivity contribution < 1.29 is 9.53 Å². The molecule has 0 heterocycles. The van der Waals surface area contributed by atoms with Crippen molar-refractivity contribution in [3.63, 3.8) is 0 Å². The highest BCUT2D eigenvalue weighted by Crippen LogP contribution is 2.18. The molecule has 0 spiro atoms. The SMILES string of the molecule is CCC[C@H](N)C(=O)N[C@H](C)c1cccc(OC)c1. The Morgan fingerprint density at radius 2 is 2.22 bits per heavy atom. The molecular formula is C14H22N2O2. The van der Waals surface area contributed by atoms with Crippen molar-refractivity contribution in [3.05, 3.63) is 29.8 Å². The lowest BCUT2D eigenvalue weighted by Gasteiger charge is -2.18. The second kappa shape index (κ2) is 7.01. The van der Waals surface area contributed by atoms with Crippen LogP contribution in [-0.2, 0) is 4.79 Å². The van der Waals surface area contributed by atoms with Crippen molar-refractivity contribution in [2.24, 2.45) is 5.73 Å². The number of benzene rings is 1. The molecule has 4 nitrogen and oxygen atoms in total. The lowest BCUT2D eigenvalue weighted by atomic mass is 10.1. The van der Waals surface area contributed by atoms with E-state index >= 15 is 0 Å². The highest BCUT2D eigenvalue weighted by Gasteiger charge is 2.15. The van der Waals surface area contributed by atoms with Crippen molar-refractivity contribution in [3.8, 4) is 5.75 Å². The largest absolute Gasteiger partial charge is 0.497 e. The molecule has 4 heteroatoms. The highest BCUT2D eigenvalue weighted by molar-refractivity contribution is 5.81. The highest BCUT2D eigenvalue weighted by atomic mass is 16.5. The molecule has 3 N–H and O–H groups in total. The molecule has 0 unspecified atom stereocenters. The smallest absolute Gasteiger partial charge is 0.237 e. The van der Waals surface area contributed by atoms with Crippen molar-refractivity contribution in [1.82, 2.24) is 5.32 Å². The van der Waals surface area contributed by atoms with Gasteiger partial charge in [0, 0.05) is 0 Å². The third kappa shape index (κ3) is 4.04. The number of nitrogens with one attached hydrogen (secondary N) is 1. The molecule has 18 heavy (non-hydrogen) atoms. The van der Waals surface area contributed by atoms with Crippen LogP contribution in [0.15, 0.2) is 24.3 Å². The molecule has 2 atom stereocenters. The fourth-order valence-electron chi connectivity index (χ4n) is 1.76. The van der Waals surface area contributed by atoms with Crippen LogP contribution < -0.4 is 15.8 Å². The van der Waals surface area contributed by atoms with Crippen LogP contribution in [0, 0.1) is 0 Å². The van der Waals surface area contributed by atoms with E-state index in [1.807, 2.05) is 38.1 Å². The van der Waals surface area contributed by atoms with E-state index in [4.69, 9.17) is 10.5 Å². The van der Waals surface area contributed by atoms with Gasteiger partial charge < -0.3 is 15.8 Å². The minimum Gasteiger partial charge on any atom is -0.497 e. The summed E-state index contributed by atoms with van der Waals surface area (Å²) in [5.41, 5.74) is 6.78. The molecule has 0 aliphatic rings. The van der Waals surface area contributed by atoms with Gasteiger partial charge in [0.1, 0.15) is 5.75 Å². The van der Waals surface area contributed by atoms with Crippen molar-refractivity contribution in [2.45, 2.75) is 38.8 Å². The summed E-state index contributed by atoms with van der Waals surface area (Å²) in [6.45, 7) is 3.95. The Morgan fingerprint density at radius 3 is 2.83 bits per heavy atom. The van der Waals surface area contributed by atoms with Crippen LogP contribution in [0.25, 0.3) is 0 Å². The standard InChI is InChI=1S/C14H22N2O2/c1-4-6-13(15)14(17)16-10(2)11-7-5-8-12(9-11)18-3/h5,7-10,13H,4,6,15H2,1-3H3,(H,16,17)/t10-,13+/m1/s1. The average Bonchev–Trinajstić information content (AvgIpc) is 2.39. The number of hydrogen-bond donors (Lipinski definition) is 2. The molecule has 0 saturated carbocycles. The van der Waals surface area contributed by atoms with Crippen LogP contribution in [0.2, 0.25) is 0 Å². The van der Waals surface area contributed by atoms with E-state index in [9.17, 15) is 4.79 Å². The first-order valence-electron chi connectivity index (χ1n) is 6.28. The van der Waals surface area contributed by atoms with Crippen LogP contribution in [0.3, 0.4) is 0 Å². The monoisotopic (exact) mass is 250 g/mol. The first kappa shape index (κ1) is 14.5. The van der Waals surface area contributed by atoms with Gasteiger partial charge in [0.25, 0.3) is 0 Å². The van der Waals surface area contributed by atoms with Crippen molar-refractivity contribution in [1.29, 1.82) is 0 Å². The summed E-state index contributed by atoms with van der Waals surface area (Å²) in [6.07, 6.45) is 1.61. The Balaban J connectivity index is 2.64. The molecular weight excluding hydrogens is 228 g/mol. The first-order chi connectivity index (χ1) is 8.58. The number of carbonyl (C=O) groups is 1. The number of hydrogen-bond acceptors (Lipinski definition) is 3. The number of rotatable bonds is 6. The van der Waals surface area contributed by atoms with Crippen LogP contribution >= 0.6 is 0 Å². The summed E-state index contributed by atoms with van der Waals surface area (Å²) >= 11 is 0. The lowest BCUT2D eigenvalue weighted by Crippen LogP contribution is -2.41. The number of ether oxygens (including phenoxy) is 1. The maximum Gasteiger partial charge on any atom is 0.237 e. The van der Waals surface area contributed by atoms with Crippen LogP contribution in [-0.4, -0.2) is 19.1 Å². The summed E-state index contributed by atoms with van der Waals surface area (Å²) in [7, 11) is 1.62. The topological polar surface area (TPSA) is 64.4 Å². The molecule has 100 valence electrons. The number of amides is 1. The molecule has 0 radical (unpaired) electrons. The van der Waals surface area contributed by atoms with Gasteiger partial charge in [0.2, 0.25) is 5.91 Å². The number of nitrogens with two attached hydrogens (primary N) is 1. The summed E-state index contributed by atoms with van der Waals surface area (Å²) in [5, 5.41) is 2.91. The summed E-state index contributed by atoms with van der Waals surface area (Å²) in [5.74, 6) is 0.679. The average molecular weight is 250 g/mol. The Morgan fingerprint density at radius 1 is 1.50 bits per heavy atom. The molecule has 0 bridgehead atoms. The zero-order valence-electron chi connectivity index (χ0n) is 11.3. The molecule has 1 amide bonds. The van der Waals surface area contributed by atoms with E-state index in [0.29, 0.717) is 6.42 Å². The summed E-state index contributed by atoms with van der Waals surface area (Å²) in [6, 6.07) is 7.15. The Labute approximate surface area is 109 Å². The normalized spacial score (nSPS) is 13.8. The van der Waals surface area contributed by atoms with E-state index in [1.54, 1.807) is 7.11 Å². The summed E-state index contributed by atoms with van der Waals surface area (Å²) in [4.78, 5) is 11.8. The van der Waals surface area contributed by atoms with Gasteiger partial charge in [0.05, 0.1) is 19.2 Å². The van der Waals surface area contributed by atoms with E-state index in [-0.39, 0.29) is 11.9 Å². The molecule has 0 aliphatic carbocycles. The summed E-state index contributed by atoms with van der Waals surface area (Å²) < 4.78 is 5.16. The third-order valence-corrected chi connectivity index (χ3v) is 2.89. The van der Waals surface area contributed by atoms with Gasteiger partial charge in [-0.15, -0.1) is 0 Å². The predicted molar refractivity (Wildman–Crippen MR) is 72.4 cm³/mol. The van der Waals surface area contributed by atoms with E-state index in [1.165, 1.54) is 0 Å².